The Morgan fingerprint density at radius 3 is 2.65 bits per heavy atom. The van der Waals surface area contributed by atoms with E-state index in [1.54, 1.807) is 7.11 Å². The standard InChI is InChI=1S/C16H23NO3/c1-5-20-14-9-8-13(10-11(14)2)17-15(18)16(3,19-4)12-6-7-12/h8-10,12H,5-7H2,1-4H3,(H,17,18). The molecule has 1 aromatic rings. The highest BCUT2D eigenvalue weighted by atomic mass is 16.5. The minimum Gasteiger partial charge on any atom is -0.494 e. The molecule has 20 heavy (non-hydrogen) atoms. The van der Waals surface area contributed by atoms with Crippen molar-refractivity contribution < 1.29 is 14.3 Å². The van der Waals surface area contributed by atoms with Crippen molar-refractivity contribution >= 4 is 11.6 Å². The van der Waals surface area contributed by atoms with Crippen molar-refractivity contribution in [1.82, 2.24) is 0 Å². The van der Waals surface area contributed by atoms with E-state index in [-0.39, 0.29) is 5.91 Å². The number of methoxy groups -OCH3 is 1. The van der Waals surface area contributed by atoms with Crippen LogP contribution in [0.2, 0.25) is 0 Å². The average Bonchev–Trinajstić information content (AvgIpc) is 3.25. The van der Waals surface area contributed by atoms with E-state index in [2.05, 4.69) is 5.32 Å². The highest BCUT2D eigenvalue weighted by molar-refractivity contribution is 5.97. The normalized spacial score (nSPS) is 17.4. The Bertz CT molecular complexity index is 496. The molecule has 0 aliphatic heterocycles. The summed E-state index contributed by atoms with van der Waals surface area (Å²) >= 11 is 0. The van der Waals surface area contributed by atoms with Crippen LogP contribution in [0, 0.1) is 12.8 Å². The molecule has 4 heteroatoms. The zero-order chi connectivity index (χ0) is 14.8. The molecular formula is C16H23NO3. The van der Waals surface area contributed by atoms with Gasteiger partial charge in [-0.05, 0) is 63.3 Å². The van der Waals surface area contributed by atoms with Gasteiger partial charge in [-0.15, -0.1) is 0 Å². The summed E-state index contributed by atoms with van der Waals surface area (Å²) < 4.78 is 10.9. The predicted octanol–water partition coefficient (Wildman–Crippen LogP) is 3.15. The van der Waals surface area contributed by atoms with E-state index in [9.17, 15) is 4.79 Å². The first kappa shape index (κ1) is 14.9. The van der Waals surface area contributed by atoms with Crippen molar-refractivity contribution in [2.45, 2.75) is 39.2 Å². The monoisotopic (exact) mass is 277 g/mol. The lowest BCUT2D eigenvalue weighted by molar-refractivity contribution is -0.138. The first-order valence-corrected chi connectivity index (χ1v) is 7.11. The molecule has 0 heterocycles. The van der Waals surface area contributed by atoms with Gasteiger partial charge in [-0.1, -0.05) is 0 Å². The number of hydrogen-bond acceptors (Lipinski definition) is 3. The van der Waals surface area contributed by atoms with Crippen molar-refractivity contribution in [2.75, 3.05) is 19.0 Å². The largest absolute Gasteiger partial charge is 0.494 e. The number of ether oxygens (including phenoxy) is 2. The number of nitrogens with one attached hydrogen (secondary N) is 1. The van der Waals surface area contributed by atoms with Gasteiger partial charge in [-0.2, -0.15) is 0 Å². The van der Waals surface area contributed by atoms with Crippen LogP contribution >= 0.6 is 0 Å². The third kappa shape index (κ3) is 2.96. The lowest BCUT2D eigenvalue weighted by atomic mass is 9.99. The second-order valence-electron chi connectivity index (χ2n) is 5.45. The van der Waals surface area contributed by atoms with Gasteiger partial charge in [0.2, 0.25) is 0 Å². The van der Waals surface area contributed by atoms with Crippen molar-refractivity contribution in [1.29, 1.82) is 0 Å². The van der Waals surface area contributed by atoms with Crippen LogP contribution in [0.4, 0.5) is 5.69 Å². The van der Waals surface area contributed by atoms with E-state index in [0.717, 1.165) is 29.8 Å². The molecule has 1 fully saturated rings. The Morgan fingerprint density at radius 1 is 1.45 bits per heavy atom. The van der Waals surface area contributed by atoms with Crippen LogP contribution in [-0.2, 0) is 9.53 Å². The van der Waals surface area contributed by atoms with E-state index in [1.165, 1.54) is 0 Å². The zero-order valence-corrected chi connectivity index (χ0v) is 12.7. The molecule has 1 saturated carbocycles. The van der Waals surface area contributed by atoms with E-state index in [4.69, 9.17) is 9.47 Å². The zero-order valence-electron chi connectivity index (χ0n) is 12.7. The third-order valence-electron chi connectivity index (χ3n) is 3.96. The van der Waals surface area contributed by atoms with Crippen LogP contribution in [0.25, 0.3) is 0 Å². The van der Waals surface area contributed by atoms with Gasteiger partial charge in [0.25, 0.3) is 5.91 Å². The number of rotatable bonds is 6. The average molecular weight is 277 g/mol. The number of aryl methyl sites for hydroxylation is 1. The smallest absolute Gasteiger partial charge is 0.256 e. The maximum Gasteiger partial charge on any atom is 0.256 e. The molecule has 1 aliphatic carbocycles. The quantitative estimate of drug-likeness (QED) is 0.869. The molecule has 4 nitrogen and oxygen atoms in total. The molecule has 1 N–H and O–H groups in total. The summed E-state index contributed by atoms with van der Waals surface area (Å²) in [6.07, 6.45) is 2.11. The molecule has 1 atom stereocenters. The molecule has 1 aliphatic rings. The van der Waals surface area contributed by atoms with Gasteiger partial charge < -0.3 is 14.8 Å². The SMILES string of the molecule is CCOc1ccc(NC(=O)C(C)(OC)C2CC2)cc1C. The number of hydrogen-bond donors (Lipinski definition) is 1. The maximum absolute atomic E-state index is 12.4. The number of carbonyl (C=O) groups excluding carboxylic acids is 1. The maximum atomic E-state index is 12.4. The van der Waals surface area contributed by atoms with Gasteiger partial charge in [0, 0.05) is 12.8 Å². The highest BCUT2D eigenvalue weighted by Crippen LogP contribution is 2.42. The number of carbonyl (C=O) groups is 1. The van der Waals surface area contributed by atoms with Crippen LogP contribution in [0.5, 0.6) is 5.75 Å². The summed E-state index contributed by atoms with van der Waals surface area (Å²) in [5.74, 6) is 1.10. The van der Waals surface area contributed by atoms with Gasteiger partial charge in [0.05, 0.1) is 6.61 Å². The van der Waals surface area contributed by atoms with Gasteiger partial charge in [-0.25, -0.2) is 0 Å². The van der Waals surface area contributed by atoms with Crippen LogP contribution in [-0.4, -0.2) is 25.2 Å². The van der Waals surface area contributed by atoms with Crippen LogP contribution < -0.4 is 10.1 Å². The molecule has 0 spiro atoms. The van der Waals surface area contributed by atoms with Gasteiger partial charge >= 0.3 is 0 Å². The minimum absolute atomic E-state index is 0.0777. The summed E-state index contributed by atoms with van der Waals surface area (Å²) in [6.45, 7) is 6.42. The Labute approximate surface area is 120 Å². The van der Waals surface area contributed by atoms with Crippen molar-refractivity contribution in [3.05, 3.63) is 23.8 Å². The second-order valence-corrected chi connectivity index (χ2v) is 5.45. The Morgan fingerprint density at radius 2 is 2.15 bits per heavy atom. The number of amides is 1. The van der Waals surface area contributed by atoms with Crippen LogP contribution in [0.3, 0.4) is 0 Å². The van der Waals surface area contributed by atoms with Crippen molar-refractivity contribution in [3.63, 3.8) is 0 Å². The first-order valence-electron chi connectivity index (χ1n) is 7.11. The van der Waals surface area contributed by atoms with Crippen molar-refractivity contribution in [3.8, 4) is 5.75 Å². The Kier molecular flexibility index (Phi) is 4.33. The predicted molar refractivity (Wildman–Crippen MR) is 79.1 cm³/mol. The van der Waals surface area contributed by atoms with Crippen LogP contribution in [0.1, 0.15) is 32.3 Å². The molecule has 1 unspecified atom stereocenters. The second kappa shape index (κ2) is 5.83. The Hall–Kier alpha value is -1.55. The lowest BCUT2D eigenvalue weighted by Gasteiger charge is -2.26. The van der Waals surface area contributed by atoms with E-state index < -0.39 is 5.60 Å². The summed E-state index contributed by atoms with van der Waals surface area (Å²) in [7, 11) is 1.60. The highest BCUT2D eigenvalue weighted by Gasteiger charge is 2.47. The molecule has 0 bridgehead atoms. The first-order chi connectivity index (χ1) is 9.51. The summed E-state index contributed by atoms with van der Waals surface area (Å²) in [5, 5.41) is 2.95. The fourth-order valence-corrected chi connectivity index (χ4v) is 2.38. The molecule has 0 aromatic heterocycles. The van der Waals surface area contributed by atoms with Gasteiger partial charge in [0.1, 0.15) is 11.4 Å². The summed E-state index contributed by atoms with van der Waals surface area (Å²) in [5.41, 5.74) is 1.06. The molecule has 1 amide bonds. The molecule has 110 valence electrons. The van der Waals surface area contributed by atoms with E-state index in [1.807, 2.05) is 39.0 Å². The number of benzene rings is 1. The molecule has 2 rings (SSSR count). The van der Waals surface area contributed by atoms with Crippen molar-refractivity contribution in [2.24, 2.45) is 5.92 Å². The van der Waals surface area contributed by atoms with E-state index in [0.29, 0.717) is 12.5 Å². The fraction of sp³-hybridized carbons (Fsp3) is 0.562. The third-order valence-corrected chi connectivity index (χ3v) is 3.96. The summed E-state index contributed by atoms with van der Waals surface area (Å²) in [4.78, 5) is 12.4. The molecule has 0 saturated heterocycles. The topological polar surface area (TPSA) is 47.6 Å². The fourth-order valence-electron chi connectivity index (χ4n) is 2.38. The lowest BCUT2D eigenvalue weighted by Crippen LogP contribution is -2.44. The van der Waals surface area contributed by atoms with E-state index >= 15 is 0 Å². The minimum atomic E-state index is -0.730. The van der Waals surface area contributed by atoms with Gasteiger partial charge in [0.15, 0.2) is 0 Å². The molecular weight excluding hydrogens is 254 g/mol. The van der Waals surface area contributed by atoms with Gasteiger partial charge in [-0.3, -0.25) is 4.79 Å². The van der Waals surface area contributed by atoms with Crippen LogP contribution in [0.15, 0.2) is 18.2 Å². The molecule has 1 aromatic carbocycles. The Balaban J connectivity index is 2.09. The summed E-state index contributed by atoms with van der Waals surface area (Å²) in [6, 6.07) is 5.67. The molecule has 0 radical (unpaired) electrons. The number of anilines is 1.